The number of nitrogens with one attached hydrogen (secondary N) is 2. The normalized spacial score (nSPS) is 10.9. The van der Waals surface area contributed by atoms with E-state index in [4.69, 9.17) is 10.6 Å². The van der Waals surface area contributed by atoms with Crippen molar-refractivity contribution in [3.63, 3.8) is 0 Å². The van der Waals surface area contributed by atoms with E-state index in [1.165, 1.54) is 4.68 Å². The first-order valence-electron chi connectivity index (χ1n) is 10.6. The molecule has 0 bridgehead atoms. The van der Waals surface area contributed by atoms with Crippen LogP contribution in [0.15, 0.2) is 92.0 Å². The predicted octanol–water partition coefficient (Wildman–Crippen LogP) is 5.27. The van der Waals surface area contributed by atoms with E-state index in [1.807, 2.05) is 72.8 Å². The molecular weight excluding hydrogens is 610 g/mol. The van der Waals surface area contributed by atoms with Gasteiger partial charge < -0.3 is 15.9 Å². The third-order valence-electron chi connectivity index (χ3n) is 4.72. The van der Waals surface area contributed by atoms with Gasteiger partial charge >= 0.3 is 0 Å². The van der Waals surface area contributed by atoms with Crippen LogP contribution < -0.4 is 21.3 Å². The number of aromatic nitrogens is 3. The van der Waals surface area contributed by atoms with Gasteiger partial charge in [-0.25, -0.2) is 10.1 Å². The number of benzene rings is 3. The SMILES string of the molecule is Nn1c(N/N=C/c2ccccc2OCc2cccc(Br)c2)nnc1SCC(=O)Nc1ccccc1Br. The number of para-hydroxylation sites is 2. The van der Waals surface area contributed by atoms with Crippen LogP contribution in [0.5, 0.6) is 5.75 Å². The van der Waals surface area contributed by atoms with Crippen molar-refractivity contribution in [2.75, 3.05) is 22.3 Å². The number of carbonyl (C=O) groups is 1. The molecule has 3 aromatic carbocycles. The minimum absolute atomic E-state index is 0.114. The van der Waals surface area contributed by atoms with E-state index in [0.29, 0.717) is 23.2 Å². The van der Waals surface area contributed by atoms with Gasteiger partial charge in [0.1, 0.15) is 12.4 Å². The molecule has 0 saturated heterocycles. The number of halogens is 2. The Balaban J connectivity index is 1.32. The van der Waals surface area contributed by atoms with Crippen molar-refractivity contribution in [1.82, 2.24) is 14.9 Å². The number of rotatable bonds is 10. The Kier molecular flexibility index (Phi) is 8.98. The van der Waals surface area contributed by atoms with Crippen LogP contribution >= 0.6 is 43.6 Å². The summed E-state index contributed by atoms with van der Waals surface area (Å²) in [4.78, 5) is 12.3. The van der Waals surface area contributed by atoms with E-state index >= 15 is 0 Å². The topological polar surface area (TPSA) is 119 Å². The average Bonchev–Trinajstić information content (AvgIpc) is 3.23. The molecule has 0 saturated carbocycles. The van der Waals surface area contributed by atoms with Crippen LogP contribution in [-0.2, 0) is 11.4 Å². The molecule has 1 heterocycles. The highest BCUT2D eigenvalue weighted by Gasteiger charge is 2.13. The number of nitrogens with two attached hydrogens (primary N) is 1. The Morgan fingerprint density at radius 2 is 1.89 bits per heavy atom. The maximum atomic E-state index is 12.3. The van der Waals surface area contributed by atoms with Crippen LogP contribution in [0.1, 0.15) is 11.1 Å². The second-order valence-corrected chi connectivity index (χ2v) is 10.0. The molecule has 36 heavy (non-hydrogen) atoms. The summed E-state index contributed by atoms with van der Waals surface area (Å²) in [5.41, 5.74) is 5.29. The van der Waals surface area contributed by atoms with Crippen molar-refractivity contribution in [1.29, 1.82) is 0 Å². The molecule has 0 spiro atoms. The molecule has 4 aromatic rings. The minimum Gasteiger partial charge on any atom is -0.488 e. The van der Waals surface area contributed by atoms with E-state index in [-0.39, 0.29) is 17.6 Å². The number of carbonyl (C=O) groups excluding carboxylic acids is 1. The lowest BCUT2D eigenvalue weighted by atomic mass is 10.2. The van der Waals surface area contributed by atoms with Crippen LogP contribution in [0.25, 0.3) is 0 Å². The molecule has 0 fully saturated rings. The first kappa shape index (κ1) is 25.7. The van der Waals surface area contributed by atoms with Gasteiger partial charge in [-0.1, -0.05) is 64.1 Å². The summed E-state index contributed by atoms with van der Waals surface area (Å²) in [7, 11) is 0. The number of nitrogens with zero attached hydrogens (tertiary/aromatic N) is 4. The van der Waals surface area contributed by atoms with Crippen molar-refractivity contribution in [2.24, 2.45) is 5.10 Å². The summed E-state index contributed by atoms with van der Waals surface area (Å²) in [6.07, 6.45) is 1.61. The maximum Gasteiger partial charge on any atom is 0.264 e. The van der Waals surface area contributed by atoms with Gasteiger partial charge in [-0.2, -0.15) is 5.10 Å². The molecule has 1 amide bonds. The van der Waals surface area contributed by atoms with Crippen LogP contribution in [0.2, 0.25) is 0 Å². The van der Waals surface area contributed by atoms with Gasteiger partial charge in [-0.3, -0.25) is 4.79 Å². The molecule has 0 unspecified atom stereocenters. The summed E-state index contributed by atoms with van der Waals surface area (Å²) < 4.78 is 9.01. The molecule has 4 N–H and O–H groups in total. The quantitative estimate of drug-likeness (QED) is 0.0945. The number of hydrazone groups is 1. The molecular formula is C24H21Br2N7O2S. The average molecular weight is 631 g/mol. The smallest absolute Gasteiger partial charge is 0.264 e. The Hall–Kier alpha value is -3.35. The number of amides is 1. The third kappa shape index (κ3) is 7.09. The van der Waals surface area contributed by atoms with E-state index < -0.39 is 0 Å². The Morgan fingerprint density at radius 3 is 2.72 bits per heavy atom. The summed E-state index contributed by atoms with van der Waals surface area (Å²) in [5, 5.41) is 15.4. The van der Waals surface area contributed by atoms with Crippen LogP contribution in [0, 0.1) is 0 Å². The zero-order valence-electron chi connectivity index (χ0n) is 18.8. The Labute approximate surface area is 228 Å². The third-order valence-corrected chi connectivity index (χ3v) is 6.84. The number of hydrogen-bond donors (Lipinski definition) is 3. The first-order valence-corrected chi connectivity index (χ1v) is 13.2. The van der Waals surface area contributed by atoms with Crippen molar-refractivity contribution in [2.45, 2.75) is 11.8 Å². The number of anilines is 2. The van der Waals surface area contributed by atoms with E-state index in [2.05, 4.69) is 57.9 Å². The Morgan fingerprint density at radius 1 is 1.08 bits per heavy atom. The molecule has 12 heteroatoms. The van der Waals surface area contributed by atoms with Crippen molar-refractivity contribution < 1.29 is 9.53 Å². The standard InChI is InChI=1S/C24H21Br2N7O2S/c25-18-8-5-6-16(12-18)14-35-21-11-4-1-7-17(21)13-28-30-23-31-32-24(33(23)27)36-15-22(34)29-20-10-3-2-9-19(20)26/h1-13H,14-15,27H2,(H,29,34)(H,30,31)/b28-13+. The largest absolute Gasteiger partial charge is 0.488 e. The predicted molar refractivity (Wildman–Crippen MR) is 150 cm³/mol. The summed E-state index contributed by atoms with van der Waals surface area (Å²) >= 11 is 8.03. The molecule has 0 aliphatic rings. The zero-order valence-corrected chi connectivity index (χ0v) is 22.8. The molecule has 184 valence electrons. The fraction of sp³-hybridized carbons (Fsp3) is 0.0833. The second kappa shape index (κ2) is 12.6. The van der Waals surface area contributed by atoms with E-state index in [9.17, 15) is 4.79 Å². The number of nitrogen functional groups attached to an aromatic ring is 1. The fourth-order valence-corrected chi connectivity index (χ4v) is 4.48. The van der Waals surface area contributed by atoms with Crippen LogP contribution in [-0.4, -0.2) is 32.7 Å². The lowest BCUT2D eigenvalue weighted by Crippen LogP contribution is -2.17. The molecule has 0 aliphatic carbocycles. The summed E-state index contributed by atoms with van der Waals surface area (Å²) in [6, 6.07) is 22.9. The van der Waals surface area contributed by atoms with Crippen LogP contribution in [0.4, 0.5) is 11.6 Å². The Bertz CT molecular complexity index is 1380. The maximum absolute atomic E-state index is 12.3. The molecule has 0 aliphatic heterocycles. The lowest BCUT2D eigenvalue weighted by molar-refractivity contribution is -0.113. The summed E-state index contributed by atoms with van der Waals surface area (Å²) in [5.74, 6) is 6.90. The van der Waals surface area contributed by atoms with Gasteiger partial charge in [-0.05, 0) is 57.9 Å². The number of ether oxygens (including phenoxy) is 1. The monoisotopic (exact) mass is 629 g/mol. The van der Waals surface area contributed by atoms with Gasteiger partial charge in [0.15, 0.2) is 0 Å². The first-order chi connectivity index (χ1) is 17.5. The van der Waals surface area contributed by atoms with Crippen LogP contribution in [0.3, 0.4) is 0 Å². The summed E-state index contributed by atoms with van der Waals surface area (Å²) in [6.45, 7) is 0.421. The molecule has 0 radical (unpaired) electrons. The number of hydrogen-bond acceptors (Lipinski definition) is 8. The molecule has 4 rings (SSSR count). The highest BCUT2D eigenvalue weighted by Crippen LogP contribution is 2.23. The van der Waals surface area contributed by atoms with Gasteiger partial charge in [0, 0.05) is 14.5 Å². The highest BCUT2D eigenvalue weighted by atomic mass is 79.9. The highest BCUT2D eigenvalue weighted by molar-refractivity contribution is 9.10. The van der Waals surface area contributed by atoms with E-state index in [0.717, 1.165) is 31.8 Å². The minimum atomic E-state index is -0.193. The van der Waals surface area contributed by atoms with E-state index in [1.54, 1.807) is 6.21 Å². The van der Waals surface area contributed by atoms with Crippen molar-refractivity contribution in [3.8, 4) is 5.75 Å². The molecule has 0 atom stereocenters. The van der Waals surface area contributed by atoms with Gasteiger partial charge in [0.2, 0.25) is 11.1 Å². The molecule has 1 aromatic heterocycles. The van der Waals surface area contributed by atoms with Gasteiger partial charge in [0.25, 0.3) is 5.95 Å². The fourth-order valence-electron chi connectivity index (χ4n) is 3.00. The van der Waals surface area contributed by atoms with Crippen molar-refractivity contribution in [3.05, 3.63) is 92.9 Å². The molecule has 9 nitrogen and oxygen atoms in total. The van der Waals surface area contributed by atoms with Crippen molar-refractivity contribution >= 4 is 67.4 Å². The van der Waals surface area contributed by atoms with Gasteiger partial charge in [-0.15, -0.1) is 10.2 Å². The lowest BCUT2D eigenvalue weighted by Gasteiger charge is -2.09. The number of thioether (sulfide) groups is 1. The zero-order chi connectivity index (χ0) is 25.3. The van der Waals surface area contributed by atoms with Gasteiger partial charge in [0.05, 0.1) is 17.7 Å². The second-order valence-electron chi connectivity index (χ2n) is 7.32.